The second kappa shape index (κ2) is 14.6. The van der Waals surface area contributed by atoms with E-state index in [9.17, 15) is 24.0 Å². The summed E-state index contributed by atoms with van der Waals surface area (Å²) in [5.74, 6) is -1.81. The van der Waals surface area contributed by atoms with E-state index in [0.29, 0.717) is 25.4 Å². The van der Waals surface area contributed by atoms with Crippen LogP contribution in [-0.2, 0) is 30.5 Å². The topological polar surface area (TPSA) is 101 Å². The Labute approximate surface area is 251 Å². The van der Waals surface area contributed by atoms with Crippen LogP contribution in [0.25, 0.3) is 0 Å². The lowest BCUT2D eigenvalue weighted by atomic mass is 9.85. The average molecular weight is 579 g/mol. The van der Waals surface area contributed by atoms with E-state index in [0.717, 1.165) is 50.5 Å². The van der Waals surface area contributed by atoms with Gasteiger partial charge in [-0.2, -0.15) is 0 Å². The molecule has 0 aromatic heterocycles. The molecule has 3 fully saturated rings. The van der Waals surface area contributed by atoms with Crippen molar-refractivity contribution >= 4 is 29.2 Å². The van der Waals surface area contributed by atoms with Crippen LogP contribution in [0, 0.1) is 29.1 Å². The van der Waals surface area contributed by atoms with Crippen molar-refractivity contribution in [1.82, 2.24) is 10.2 Å². The average Bonchev–Trinajstić information content (AvgIpc) is 3.29. The molecule has 1 saturated carbocycles. The minimum absolute atomic E-state index is 0.00152. The summed E-state index contributed by atoms with van der Waals surface area (Å²) in [6, 6.07) is 9.01. The van der Waals surface area contributed by atoms with E-state index < -0.39 is 23.5 Å². The van der Waals surface area contributed by atoms with Crippen LogP contribution in [0.3, 0.4) is 0 Å². The fourth-order valence-electron chi connectivity index (χ4n) is 7.34. The van der Waals surface area contributed by atoms with Crippen molar-refractivity contribution in [3.8, 4) is 0 Å². The lowest BCUT2D eigenvalue weighted by Gasteiger charge is -2.32. The van der Waals surface area contributed by atoms with Gasteiger partial charge in [0.25, 0.3) is 0 Å². The minimum atomic E-state index is -0.691. The molecule has 7 nitrogen and oxygen atoms in total. The lowest BCUT2D eigenvalue weighted by Crippen LogP contribution is -2.48. The van der Waals surface area contributed by atoms with Gasteiger partial charge in [0, 0.05) is 44.2 Å². The highest BCUT2D eigenvalue weighted by Gasteiger charge is 2.69. The second-order valence-electron chi connectivity index (χ2n) is 13.6. The summed E-state index contributed by atoms with van der Waals surface area (Å²) in [5, 5.41) is 2.81. The molecule has 1 aromatic rings. The molecular weight excluding hydrogens is 528 g/mol. The summed E-state index contributed by atoms with van der Waals surface area (Å²) >= 11 is 0. The molecule has 3 aliphatic rings. The Morgan fingerprint density at radius 1 is 0.881 bits per heavy atom. The van der Waals surface area contributed by atoms with E-state index in [1.54, 1.807) is 0 Å². The van der Waals surface area contributed by atoms with Crippen molar-refractivity contribution in [3.63, 3.8) is 0 Å². The van der Waals surface area contributed by atoms with Crippen molar-refractivity contribution in [1.29, 1.82) is 0 Å². The van der Waals surface area contributed by atoms with E-state index in [1.807, 2.05) is 42.2 Å². The third kappa shape index (κ3) is 7.96. The highest BCUT2D eigenvalue weighted by molar-refractivity contribution is 6.38. The second-order valence-corrected chi connectivity index (χ2v) is 13.6. The number of fused-ring (bicyclic) bond motifs is 3. The zero-order valence-corrected chi connectivity index (χ0v) is 25.9. The quantitative estimate of drug-likeness (QED) is 0.410. The third-order valence-corrected chi connectivity index (χ3v) is 10.2. The standard InChI is InChI=1S/C35H50N2O5/c1-24-15-11-8-6-4-5-7-9-14-18-26(21-29(39)32-31-27(35(31,2)3)23-37(32)34(24)42)33(41)28(38)19-20-30(40)36-22-25-16-12-10-13-17-25/h10,12-13,16-17,24,26-27,31-32H,4-9,11,14-15,18-23H2,1-3H3,(H,36,40)/t24-,26+,27-,31-,32+/m0/s1. The molecule has 0 radical (unpaired) electrons. The zero-order valence-electron chi connectivity index (χ0n) is 25.9. The fourth-order valence-corrected chi connectivity index (χ4v) is 7.34. The van der Waals surface area contributed by atoms with Crippen LogP contribution in [-0.4, -0.2) is 46.7 Å². The molecule has 0 bridgehead atoms. The predicted molar refractivity (Wildman–Crippen MR) is 162 cm³/mol. The number of hydrogen-bond acceptors (Lipinski definition) is 5. The minimum Gasteiger partial charge on any atom is -0.352 e. The van der Waals surface area contributed by atoms with Crippen LogP contribution in [0.15, 0.2) is 30.3 Å². The number of carbonyl (C=O) groups excluding carboxylic acids is 5. The Hall–Kier alpha value is -2.83. The maximum Gasteiger partial charge on any atom is 0.226 e. The van der Waals surface area contributed by atoms with Gasteiger partial charge in [0.2, 0.25) is 17.6 Å². The maximum absolute atomic E-state index is 13.9. The molecule has 2 amide bonds. The summed E-state index contributed by atoms with van der Waals surface area (Å²) in [6.45, 7) is 7.28. The molecule has 42 heavy (non-hydrogen) atoms. The Morgan fingerprint density at radius 2 is 1.50 bits per heavy atom. The first kappa shape index (κ1) is 32.1. The zero-order chi connectivity index (χ0) is 30.3. The number of benzene rings is 1. The van der Waals surface area contributed by atoms with E-state index >= 15 is 0 Å². The highest BCUT2D eigenvalue weighted by Crippen LogP contribution is 2.65. The molecule has 0 unspecified atom stereocenters. The molecule has 5 atom stereocenters. The van der Waals surface area contributed by atoms with Crippen LogP contribution >= 0.6 is 0 Å². The Kier molecular flexibility index (Phi) is 11.1. The summed E-state index contributed by atoms with van der Waals surface area (Å²) < 4.78 is 0. The molecule has 1 N–H and O–H groups in total. The molecule has 2 heterocycles. The molecule has 1 aromatic carbocycles. The third-order valence-electron chi connectivity index (χ3n) is 10.2. The van der Waals surface area contributed by atoms with Gasteiger partial charge in [-0.1, -0.05) is 102 Å². The fraction of sp³-hybridized carbons (Fsp3) is 0.686. The maximum atomic E-state index is 13.9. The molecule has 0 spiro atoms. The lowest BCUT2D eigenvalue weighted by molar-refractivity contribution is -0.144. The number of carbonyl (C=O) groups is 5. The number of rotatable bonds is 7. The first-order chi connectivity index (χ1) is 20.1. The molecule has 2 saturated heterocycles. The molecular formula is C35H50N2O5. The van der Waals surface area contributed by atoms with Crippen molar-refractivity contribution in [3.05, 3.63) is 35.9 Å². The number of nitrogens with one attached hydrogen (secondary N) is 1. The van der Waals surface area contributed by atoms with Crippen LogP contribution in [0.2, 0.25) is 0 Å². The van der Waals surface area contributed by atoms with E-state index in [4.69, 9.17) is 0 Å². The summed E-state index contributed by atoms with van der Waals surface area (Å²) in [6.07, 6.45) is 9.56. The summed E-state index contributed by atoms with van der Waals surface area (Å²) in [5.41, 5.74) is 0.963. The SMILES string of the molecule is C[C@H]1CCCCCCCCCC[C@@H](C(=O)C(=O)CCC(=O)NCc2ccccc2)CC(=O)[C@@H]2[C@@H]3[C@H](CN2C1=O)C3(C)C. The number of amides is 2. The Bertz CT molecular complexity index is 1130. The molecule has 230 valence electrons. The number of piperidine rings is 1. The van der Waals surface area contributed by atoms with Gasteiger partial charge in [-0.05, 0) is 35.7 Å². The molecule has 7 heteroatoms. The Balaban J connectivity index is 1.41. The predicted octanol–water partition coefficient (Wildman–Crippen LogP) is 5.83. The van der Waals surface area contributed by atoms with Crippen molar-refractivity contribution in [2.75, 3.05) is 6.54 Å². The number of Topliss-reactive ketones (excluding diaryl/α,β-unsaturated/α-hetero) is 3. The summed E-state index contributed by atoms with van der Waals surface area (Å²) in [4.78, 5) is 68.1. The van der Waals surface area contributed by atoms with Gasteiger partial charge in [0.15, 0.2) is 11.6 Å². The Morgan fingerprint density at radius 3 is 2.17 bits per heavy atom. The van der Waals surface area contributed by atoms with E-state index in [1.165, 1.54) is 12.8 Å². The summed E-state index contributed by atoms with van der Waals surface area (Å²) in [7, 11) is 0. The number of ketones is 3. The normalized spacial score (nSPS) is 28.7. The first-order valence-electron chi connectivity index (χ1n) is 16.3. The van der Waals surface area contributed by atoms with E-state index in [2.05, 4.69) is 19.2 Å². The monoisotopic (exact) mass is 578 g/mol. The van der Waals surface area contributed by atoms with Gasteiger partial charge < -0.3 is 10.2 Å². The number of nitrogens with zero attached hydrogens (tertiary/aromatic N) is 1. The van der Waals surface area contributed by atoms with Gasteiger partial charge in [0.1, 0.15) is 0 Å². The van der Waals surface area contributed by atoms with Gasteiger partial charge >= 0.3 is 0 Å². The number of hydrogen-bond donors (Lipinski definition) is 1. The molecule has 2 aliphatic heterocycles. The van der Waals surface area contributed by atoms with Crippen LogP contribution in [0.1, 0.15) is 110 Å². The van der Waals surface area contributed by atoms with Crippen LogP contribution < -0.4 is 5.32 Å². The van der Waals surface area contributed by atoms with Crippen LogP contribution in [0.5, 0.6) is 0 Å². The van der Waals surface area contributed by atoms with Gasteiger partial charge in [-0.25, -0.2) is 0 Å². The molecule has 4 rings (SSSR count). The van der Waals surface area contributed by atoms with Crippen LogP contribution in [0.4, 0.5) is 0 Å². The highest BCUT2D eigenvalue weighted by atomic mass is 16.2. The van der Waals surface area contributed by atoms with Crippen molar-refractivity contribution < 1.29 is 24.0 Å². The smallest absolute Gasteiger partial charge is 0.226 e. The van der Waals surface area contributed by atoms with Gasteiger partial charge in [-0.3, -0.25) is 24.0 Å². The first-order valence-corrected chi connectivity index (χ1v) is 16.3. The van der Waals surface area contributed by atoms with Crippen molar-refractivity contribution in [2.24, 2.45) is 29.1 Å². The largest absolute Gasteiger partial charge is 0.352 e. The van der Waals surface area contributed by atoms with Gasteiger partial charge in [-0.15, -0.1) is 0 Å². The molecule has 1 aliphatic carbocycles. The van der Waals surface area contributed by atoms with E-state index in [-0.39, 0.29) is 54.1 Å². The van der Waals surface area contributed by atoms with Gasteiger partial charge in [0.05, 0.1) is 6.04 Å². The van der Waals surface area contributed by atoms with Crippen molar-refractivity contribution in [2.45, 2.75) is 117 Å².